The van der Waals surface area contributed by atoms with Crippen LogP contribution in [0.2, 0.25) is 0 Å². The molecule has 3 rings (SSSR count). The zero-order valence-electron chi connectivity index (χ0n) is 12.0. The maximum Gasteiger partial charge on any atom is 0.220 e. The quantitative estimate of drug-likeness (QED) is 0.823. The summed E-state index contributed by atoms with van der Waals surface area (Å²) < 4.78 is 0. The van der Waals surface area contributed by atoms with Crippen LogP contribution < -0.4 is 22.1 Å². The van der Waals surface area contributed by atoms with Crippen molar-refractivity contribution in [3.05, 3.63) is 30.1 Å². The van der Waals surface area contributed by atoms with Crippen LogP contribution in [0.15, 0.2) is 24.5 Å². The van der Waals surface area contributed by atoms with E-state index in [-0.39, 0.29) is 12.1 Å². The fourth-order valence-corrected chi connectivity index (χ4v) is 2.44. The van der Waals surface area contributed by atoms with Crippen molar-refractivity contribution in [1.29, 1.82) is 0 Å². The number of nitrogens with two attached hydrogens (primary N) is 1. The number of pyridine rings is 1. The second-order valence-electron chi connectivity index (χ2n) is 4.89. The van der Waals surface area contributed by atoms with Gasteiger partial charge in [0.05, 0.1) is 23.3 Å². The third kappa shape index (κ3) is 3.26. The highest BCUT2D eigenvalue weighted by Crippen LogP contribution is 2.24. The van der Waals surface area contributed by atoms with Gasteiger partial charge in [0.2, 0.25) is 5.95 Å². The van der Waals surface area contributed by atoms with E-state index in [2.05, 4.69) is 38.2 Å². The van der Waals surface area contributed by atoms with Crippen molar-refractivity contribution in [1.82, 2.24) is 26.4 Å². The van der Waals surface area contributed by atoms with Crippen molar-refractivity contribution >= 4 is 11.6 Å². The van der Waals surface area contributed by atoms with Gasteiger partial charge in [-0.25, -0.2) is 9.97 Å². The third-order valence-electron chi connectivity index (χ3n) is 3.48. The summed E-state index contributed by atoms with van der Waals surface area (Å²) in [5.41, 5.74) is 9.60. The van der Waals surface area contributed by atoms with E-state index in [1.165, 1.54) is 11.3 Å². The molecule has 3 radical (unpaired) electrons. The predicted molar refractivity (Wildman–Crippen MR) is 81.6 cm³/mol. The number of anilines is 2. The molecule has 3 heterocycles. The third-order valence-corrected chi connectivity index (χ3v) is 3.48. The topological polar surface area (TPSA) is 110 Å². The van der Waals surface area contributed by atoms with E-state index in [4.69, 9.17) is 5.73 Å². The van der Waals surface area contributed by atoms with Gasteiger partial charge in [0, 0.05) is 38.5 Å². The van der Waals surface area contributed by atoms with E-state index >= 15 is 0 Å². The molecule has 0 amide bonds. The highest BCUT2D eigenvalue weighted by atomic mass is 15.2. The van der Waals surface area contributed by atoms with E-state index < -0.39 is 0 Å². The maximum absolute atomic E-state index is 5.62. The lowest BCUT2D eigenvalue weighted by atomic mass is 10.1. The largest absolute Gasteiger partial charge is 0.368 e. The number of rotatable bonds is 2. The molecule has 3 N–H and O–H groups in total. The van der Waals surface area contributed by atoms with Crippen LogP contribution in [0, 0.1) is 6.92 Å². The number of nitrogens with zero attached hydrogens (tertiary/aromatic N) is 5. The highest BCUT2D eigenvalue weighted by Gasteiger charge is 2.14. The second-order valence-corrected chi connectivity index (χ2v) is 4.89. The molecule has 0 spiro atoms. The average Bonchev–Trinajstić information content (AvgIpc) is 2.48. The van der Waals surface area contributed by atoms with Crippen LogP contribution in [0.4, 0.5) is 11.6 Å². The summed E-state index contributed by atoms with van der Waals surface area (Å²) in [4.78, 5) is 15.0. The summed E-state index contributed by atoms with van der Waals surface area (Å²) in [6.45, 7) is 6.17. The van der Waals surface area contributed by atoms with Crippen LogP contribution in [0.5, 0.6) is 0 Å². The van der Waals surface area contributed by atoms with Gasteiger partial charge in [-0.15, -0.1) is 0 Å². The monoisotopic (exact) mass is 284 g/mol. The minimum atomic E-state index is 0. The van der Waals surface area contributed by atoms with Gasteiger partial charge < -0.3 is 16.0 Å². The molecule has 0 saturated carbocycles. The van der Waals surface area contributed by atoms with Crippen molar-refractivity contribution in [3.63, 3.8) is 0 Å². The van der Waals surface area contributed by atoms with Crippen LogP contribution in [0.25, 0.3) is 11.4 Å². The fraction of sp³-hybridized carbons (Fsp3) is 0.357. The summed E-state index contributed by atoms with van der Waals surface area (Å²) in [7, 11) is 0. The summed E-state index contributed by atoms with van der Waals surface area (Å²) in [6.07, 6.45) is 3.58. The molecule has 1 saturated heterocycles. The van der Waals surface area contributed by atoms with E-state index in [1.807, 2.05) is 12.3 Å². The van der Waals surface area contributed by atoms with Crippen LogP contribution in [-0.4, -0.2) is 41.1 Å². The molecular formula is C14H18N7. The van der Waals surface area contributed by atoms with Gasteiger partial charge in [-0.3, -0.25) is 4.98 Å². The van der Waals surface area contributed by atoms with Crippen molar-refractivity contribution in [2.24, 2.45) is 0 Å². The summed E-state index contributed by atoms with van der Waals surface area (Å²) in [5.74, 6) is 0.271. The summed E-state index contributed by atoms with van der Waals surface area (Å²) >= 11 is 0. The lowest BCUT2D eigenvalue weighted by molar-refractivity contribution is 0.588. The number of aryl methyl sites for hydroxylation is 1. The SMILES string of the molecule is Cc1cc(-c2ccnc(N)n2)ncc1N1CCNCC1.[N]. The number of nitrogen functional groups attached to an aromatic ring is 1. The Hall–Kier alpha value is -2.25. The molecule has 0 unspecified atom stereocenters. The first-order chi connectivity index (χ1) is 9.74. The van der Waals surface area contributed by atoms with Gasteiger partial charge in [-0.05, 0) is 24.6 Å². The molecule has 0 bridgehead atoms. The zero-order chi connectivity index (χ0) is 13.9. The van der Waals surface area contributed by atoms with Gasteiger partial charge in [-0.2, -0.15) is 0 Å². The molecule has 7 heteroatoms. The Morgan fingerprint density at radius 1 is 1.19 bits per heavy atom. The van der Waals surface area contributed by atoms with E-state index in [0.29, 0.717) is 0 Å². The minimum Gasteiger partial charge on any atom is -0.368 e. The Balaban J connectivity index is 0.00000161. The van der Waals surface area contributed by atoms with Crippen LogP contribution in [0.1, 0.15) is 5.56 Å². The number of hydrogen-bond acceptors (Lipinski definition) is 6. The molecule has 1 fully saturated rings. The summed E-state index contributed by atoms with van der Waals surface area (Å²) in [5, 5.41) is 3.35. The molecule has 7 nitrogen and oxygen atoms in total. The van der Waals surface area contributed by atoms with Crippen LogP contribution in [-0.2, 0) is 0 Å². The second kappa shape index (κ2) is 6.47. The van der Waals surface area contributed by atoms with Crippen molar-refractivity contribution < 1.29 is 0 Å². The average molecular weight is 284 g/mol. The number of nitrogens with one attached hydrogen (secondary N) is 1. The molecule has 0 atom stereocenters. The lowest BCUT2D eigenvalue weighted by Gasteiger charge is -2.30. The normalized spacial score (nSPS) is 14.6. The van der Waals surface area contributed by atoms with Crippen LogP contribution in [0.3, 0.4) is 0 Å². The minimum absolute atomic E-state index is 0. The predicted octanol–water partition coefficient (Wildman–Crippen LogP) is 0.358. The van der Waals surface area contributed by atoms with E-state index in [9.17, 15) is 0 Å². The van der Waals surface area contributed by atoms with Crippen molar-refractivity contribution in [2.75, 3.05) is 36.8 Å². The molecular weight excluding hydrogens is 266 g/mol. The Kier molecular flexibility index (Phi) is 4.66. The maximum atomic E-state index is 5.62. The summed E-state index contributed by atoms with van der Waals surface area (Å²) in [6, 6.07) is 3.88. The smallest absolute Gasteiger partial charge is 0.220 e. The first kappa shape index (κ1) is 15.1. The van der Waals surface area contributed by atoms with E-state index in [1.54, 1.807) is 6.20 Å². The Bertz CT molecular complexity index is 608. The number of hydrogen-bond donors (Lipinski definition) is 2. The number of aromatic nitrogens is 3. The molecule has 2 aromatic heterocycles. The molecule has 2 aromatic rings. The van der Waals surface area contributed by atoms with Crippen LogP contribution >= 0.6 is 0 Å². The van der Waals surface area contributed by atoms with Gasteiger partial charge >= 0.3 is 0 Å². The highest BCUT2D eigenvalue weighted by molar-refractivity contribution is 5.62. The van der Waals surface area contributed by atoms with Gasteiger partial charge in [-0.1, -0.05) is 0 Å². The fourth-order valence-electron chi connectivity index (χ4n) is 2.44. The first-order valence-electron chi connectivity index (χ1n) is 6.75. The molecule has 1 aliphatic heterocycles. The molecule has 0 aliphatic carbocycles. The molecule has 1 aliphatic rings. The first-order valence-corrected chi connectivity index (χ1v) is 6.75. The standard InChI is InChI=1S/C14H18N6.N/c1-10-8-12(11-2-3-17-14(15)19-11)18-9-13(10)20-6-4-16-5-7-20;/h2-3,8-9,16H,4-7H2,1H3,(H2,15,17,19);. The van der Waals surface area contributed by atoms with Gasteiger partial charge in [0.25, 0.3) is 0 Å². The number of piperazine rings is 1. The molecule has 0 aromatic carbocycles. The van der Waals surface area contributed by atoms with Gasteiger partial charge in [0.1, 0.15) is 0 Å². The van der Waals surface area contributed by atoms with Crippen molar-refractivity contribution in [3.8, 4) is 11.4 Å². The lowest BCUT2D eigenvalue weighted by Crippen LogP contribution is -2.43. The Labute approximate surface area is 124 Å². The zero-order valence-corrected chi connectivity index (χ0v) is 12.0. The Morgan fingerprint density at radius 2 is 1.95 bits per heavy atom. The van der Waals surface area contributed by atoms with E-state index in [0.717, 1.165) is 37.6 Å². The molecule has 21 heavy (non-hydrogen) atoms. The van der Waals surface area contributed by atoms with Crippen molar-refractivity contribution in [2.45, 2.75) is 6.92 Å². The molecule has 109 valence electrons. The van der Waals surface area contributed by atoms with Gasteiger partial charge in [0.15, 0.2) is 0 Å². The Morgan fingerprint density at radius 3 is 2.62 bits per heavy atom.